The van der Waals surface area contributed by atoms with Crippen molar-refractivity contribution >= 4 is 58.0 Å². The number of hydrogen-bond donors (Lipinski definition) is 2. The van der Waals surface area contributed by atoms with Crippen molar-refractivity contribution in [2.24, 2.45) is 0 Å². The van der Waals surface area contributed by atoms with Gasteiger partial charge in [-0.3, -0.25) is 9.59 Å². The van der Waals surface area contributed by atoms with E-state index in [1.54, 1.807) is 23.3 Å². The molecule has 2 amide bonds. The molecule has 0 aliphatic heterocycles. The van der Waals surface area contributed by atoms with E-state index in [9.17, 15) is 9.59 Å². The second-order valence-electron chi connectivity index (χ2n) is 12.4. The van der Waals surface area contributed by atoms with Crippen LogP contribution in [0.4, 0.5) is 11.4 Å². The van der Waals surface area contributed by atoms with Gasteiger partial charge in [-0.2, -0.15) is 19.2 Å². The second kappa shape index (κ2) is 15.6. The Hall–Kier alpha value is -5.22. The van der Waals surface area contributed by atoms with E-state index in [0.717, 1.165) is 89.6 Å². The Kier molecular flexibility index (Phi) is 10.5. The van der Waals surface area contributed by atoms with Crippen LogP contribution >= 0.6 is 23.5 Å². The molecule has 2 aliphatic carbocycles. The van der Waals surface area contributed by atoms with Gasteiger partial charge in [0.15, 0.2) is 11.3 Å². The number of nitrogens with one attached hydrogen (secondary N) is 2. The van der Waals surface area contributed by atoms with Crippen LogP contribution in [0.5, 0.6) is 11.5 Å². The normalized spacial score (nSPS) is 13.0. The van der Waals surface area contributed by atoms with E-state index < -0.39 is 0 Å². The Balaban J connectivity index is 0.000000162. The Labute approximate surface area is 308 Å². The van der Waals surface area contributed by atoms with Crippen molar-refractivity contribution in [3.63, 3.8) is 0 Å². The molecule has 4 heterocycles. The van der Waals surface area contributed by atoms with Gasteiger partial charge in [-0.05, 0) is 112 Å². The monoisotopic (exact) mass is 738 g/mol. The molecular weight excluding hydrogens is 701 g/mol. The first-order valence-electron chi connectivity index (χ1n) is 16.9. The average molecular weight is 739 g/mol. The number of methoxy groups -OCH3 is 2. The van der Waals surface area contributed by atoms with Crippen molar-refractivity contribution < 1.29 is 19.1 Å². The number of benzene rings is 2. The van der Waals surface area contributed by atoms with E-state index in [1.165, 1.54) is 40.2 Å². The summed E-state index contributed by atoms with van der Waals surface area (Å²) in [6.07, 6.45) is 6.40. The highest BCUT2D eigenvalue weighted by Crippen LogP contribution is 2.30. The van der Waals surface area contributed by atoms with Crippen LogP contribution in [-0.2, 0) is 35.3 Å². The number of rotatable bonds is 10. The molecule has 268 valence electrons. The van der Waals surface area contributed by atoms with E-state index in [0.29, 0.717) is 10.3 Å². The standard InChI is InChI=1S/2C18H19N5O2S/c1-11-14-4-3-5-15(14)17-20-21-18(23(17)22-11)26-10-16(24)19-12-6-8-13(25-2)9-7-12;1-11-14-4-3-5-15(14)22-23-17(11)20-21-18(23)26-10-16(24)19-12-6-8-13(25-2)9-7-12/h2*6-9H,3-5,10H2,1-2H3,(H,19,24). The van der Waals surface area contributed by atoms with Gasteiger partial charge >= 0.3 is 0 Å². The van der Waals surface area contributed by atoms with Crippen LogP contribution in [-0.4, -0.2) is 77.2 Å². The van der Waals surface area contributed by atoms with Crippen LogP contribution in [0.15, 0.2) is 58.8 Å². The Morgan fingerprint density at radius 1 is 0.654 bits per heavy atom. The van der Waals surface area contributed by atoms with Crippen molar-refractivity contribution in [2.75, 3.05) is 36.4 Å². The lowest BCUT2D eigenvalue weighted by Crippen LogP contribution is -2.14. The molecule has 52 heavy (non-hydrogen) atoms. The number of aromatic nitrogens is 8. The fourth-order valence-electron chi connectivity index (χ4n) is 6.41. The largest absolute Gasteiger partial charge is 0.497 e. The van der Waals surface area contributed by atoms with Crippen molar-refractivity contribution in [3.05, 3.63) is 82.2 Å². The van der Waals surface area contributed by atoms with E-state index in [1.807, 2.05) is 55.5 Å². The number of aryl methyl sites for hydroxylation is 4. The molecule has 14 nitrogen and oxygen atoms in total. The first-order chi connectivity index (χ1) is 25.3. The molecule has 2 aliphatic rings. The maximum Gasteiger partial charge on any atom is 0.234 e. The molecule has 2 aromatic carbocycles. The van der Waals surface area contributed by atoms with Gasteiger partial charge in [-0.25, -0.2) is 0 Å². The van der Waals surface area contributed by atoms with Crippen LogP contribution in [0.2, 0.25) is 0 Å². The highest BCUT2D eigenvalue weighted by Gasteiger charge is 2.23. The number of carbonyl (C=O) groups is 2. The molecule has 0 atom stereocenters. The Morgan fingerprint density at radius 3 is 1.73 bits per heavy atom. The van der Waals surface area contributed by atoms with Crippen LogP contribution in [0.3, 0.4) is 0 Å². The number of anilines is 2. The van der Waals surface area contributed by atoms with Crippen LogP contribution < -0.4 is 20.1 Å². The highest BCUT2D eigenvalue weighted by atomic mass is 32.2. The number of ether oxygens (including phenoxy) is 2. The van der Waals surface area contributed by atoms with Crippen LogP contribution in [0.25, 0.3) is 11.3 Å². The molecule has 0 spiro atoms. The molecule has 8 rings (SSSR count). The number of amides is 2. The highest BCUT2D eigenvalue weighted by molar-refractivity contribution is 8.00. The minimum absolute atomic E-state index is 0.102. The Bertz CT molecular complexity index is 2190. The number of carbonyl (C=O) groups excluding carboxylic acids is 2. The third-order valence-electron chi connectivity index (χ3n) is 9.01. The van der Waals surface area contributed by atoms with E-state index in [-0.39, 0.29) is 23.3 Å². The maximum atomic E-state index is 12.2. The molecule has 0 unspecified atom stereocenters. The topological polar surface area (TPSA) is 163 Å². The summed E-state index contributed by atoms with van der Waals surface area (Å²) < 4.78 is 13.8. The number of thioether (sulfide) groups is 2. The molecule has 0 bridgehead atoms. The van der Waals surface area contributed by atoms with E-state index in [2.05, 4.69) is 48.1 Å². The first kappa shape index (κ1) is 35.2. The van der Waals surface area contributed by atoms with Gasteiger partial charge < -0.3 is 20.1 Å². The van der Waals surface area contributed by atoms with E-state index in [4.69, 9.17) is 9.47 Å². The van der Waals surface area contributed by atoms with Crippen LogP contribution in [0.1, 0.15) is 46.5 Å². The number of hydrogen-bond acceptors (Lipinski definition) is 12. The lowest BCUT2D eigenvalue weighted by molar-refractivity contribution is -0.114. The quantitative estimate of drug-likeness (QED) is 0.174. The van der Waals surface area contributed by atoms with Gasteiger partial charge in [0.2, 0.25) is 22.1 Å². The number of nitrogens with zero attached hydrogens (tertiary/aromatic N) is 8. The summed E-state index contributed by atoms with van der Waals surface area (Å²) in [5.74, 6) is 1.78. The van der Waals surface area contributed by atoms with E-state index >= 15 is 0 Å². The molecule has 0 fully saturated rings. The summed E-state index contributed by atoms with van der Waals surface area (Å²) in [5, 5.41) is 33.3. The molecule has 0 radical (unpaired) electrons. The summed E-state index contributed by atoms with van der Waals surface area (Å²) in [5.41, 5.74) is 10.2. The molecule has 0 saturated carbocycles. The number of fused-ring (bicyclic) bond motifs is 5. The second-order valence-corrected chi connectivity index (χ2v) is 14.3. The summed E-state index contributed by atoms with van der Waals surface area (Å²) in [6.45, 7) is 4.09. The first-order valence-corrected chi connectivity index (χ1v) is 18.9. The minimum atomic E-state index is -0.102. The van der Waals surface area contributed by atoms with Crippen molar-refractivity contribution in [2.45, 2.75) is 62.7 Å². The summed E-state index contributed by atoms with van der Waals surface area (Å²) in [4.78, 5) is 24.4. The third-order valence-corrected chi connectivity index (χ3v) is 10.8. The van der Waals surface area contributed by atoms with Gasteiger partial charge in [0.05, 0.1) is 37.1 Å². The molecule has 0 saturated heterocycles. The smallest absolute Gasteiger partial charge is 0.234 e. The van der Waals surface area contributed by atoms with Crippen molar-refractivity contribution in [3.8, 4) is 11.5 Å². The van der Waals surface area contributed by atoms with Gasteiger partial charge in [0.25, 0.3) is 0 Å². The van der Waals surface area contributed by atoms with Gasteiger partial charge in [-0.15, -0.1) is 20.4 Å². The Morgan fingerprint density at radius 2 is 1.15 bits per heavy atom. The van der Waals surface area contributed by atoms with Crippen molar-refractivity contribution in [1.82, 2.24) is 39.6 Å². The SMILES string of the molecule is COc1ccc(NC(=O)CSc2nnc3c(C)c4c(nn23)CCC4)cc1.COc1ccc(NC(=O)CSc2nnc3c4c(c(C)nn23)CCC4)cc1. The molecule has 4 aromatic heterocycles. The van der Waals surface area contributed by atoms with Gasteiger partial charge in [0, 0.05) is 22.5 Å². The predicted molar refractivity (Wildman–Crippen MR) is 200 cm³/mol. The van der Waals surface area contributed by atoms with Crippen LogP contribution in [0, 0.1) is 13.8 Å². The predicted octanol–water partition coefficient (Wildman–Crippen LogP) is 5.32. The minimum Gasteiger partial charge on any atom is -0.497 e. The molecule has 2 N–H and O–H groups in total. The molecule has 16 heteroatoms. The third kappa shape index (κ3) is 7.53. The summed E-state index contributed by atoms with van der Waals surface area (Å²) >= 11 is 2.67. The lowest BCUT2D eigenvalue weighted by atomic mass is 10.1. The fourth-order valence-corrected chi connectivity index (χ4v) is 7.78. The fraction of sp³-hybridized carbons (Fsp3) is 0.333. The maximum absolute atomic E-state index is 12.2. The zero-order chi connectivity index (χ0) is 36.2. The summed E-state index contributed by atoms with van der Waals surface area (Å²) in [7, 11) is 3.22. The van der Waals surface area contributed by atoms with Gasteiger partial charge in [-0.1, -0.05) is 23.5 Å². The van der Waals surface area contributed by atoms with Gasteiger partial charge in [0.1, 0.15) is 11.5 Å². The molecule has 6 aromatic rings. The average Bonchev–Trinajstić information content (AvgIpc) is 3.98. The zero-order valence-corrected chi connectivity index (χ0v) is 30.9. The summed E-state index contributed by atoms with van der Waals surface area (Å²) in [6, 6.07) is 14.5. The molecular formula is C36H38N10O4S2. The zero-order valence-electron chi connectivity index (χ0n) is 29.3. The lowest BCUT2D eigenvalue weighted by Gasteiger charge is -2.07. The van der Waals surface area contributed by atoms with Crippen molar-refractivity contribution in [1.29, 1.82) is 0 Å².